The number of halogens is 2. The number of hydrogen-bond acceptors (Lipinski definition) is 15. The number of H-pyrrole nitrogens is 1. The molecular formula is C20H23F2N11O10P2. The number of nitrogens with two attached hydrogens (primary N) is 2. The molecule has 4 aromatic rings. The van der Waals surface area contributed by atoms with Gasteiger partial charge in [-0.1, -0.05) is 0 Å². The Balaban J connectivity index is 1.17. The summed E-state index contributed by atoms with van der Waals surface area (Å²) in [6.07, 6.45) is -11.2. The van der Waals surface area contributed by atoms with E-state index in [9.17, 15) is 23.7 Å². The first kappa shape index (κ1) is 30.2. The van der Waals surface area contributed by atoms with Gasteiger partial charge in [0.2, 0.25) is 5.95 Å². The molecular weight excluding hydrogens is 654 g/mol. The van der Waals surface area contributed by atoms with Crippen LogP contribution in [0.15, 0.2) is 23.8 Å². The number of fused-ring (bicyclic) bond motifs is 4. The average molecular weight is 677 g/mol. The number of hydrogen-bond donors (Lipinski definition) is 6. The van der Waals surface area contributed by atoms with Crippen LogP contribution >= 0.6 is 15.6 Å². The highest BCUT2D eigenvalue weighted by Gasteiger charge is 2.54. The normalized spacial score (nSPS) is 37.7. The maximum absolute atomic E-state index is 15.9. The minimum Gasteiger partial charge on any atom is -0.382 e. The van der Waals surface area contributed by atoms with Gasteiger partial charge in [-0.15, -0.1) is 0 Å². The second kappa shape index (κ2) is 10.8. The predicted molar refractivity (Wildman–Crippen MR) is 143 cm³/mol. The maximum atomic E-state index is 15.9. The lowest BCUT2D eigenvalue weighted by Crippen LogP contribution is -2.40. The summed E-state index contributed by atoms with van der Waals surface area (Å²) in [5, 5.41) is 2.15. The van der Waals surface area contributed by atoms with E-state index in [4.69, 9.17) is 34.5 Å². The van der Waals surface area contributed by atoms with Crippen LogP contribution in [0.1, 0.15) is 12.5 Å². The summed E-state index contributed by atoms with van der Waals surface area (Å²) in [4.78, 5) is 55.2. The van der Waals surface area contributed by atoms with E-state index in [-0.39, 0.29) is 34.1 Å². The molecule has 0 spiro atoms. The van der Waals surface area contributed by atoms with E-state index >= 15 is 8.78 Å². The maximum Gasteiger partial charge on any atom is 0.472 e. The third-order valence-corrected chi connectivity index (χ3v) is 9.43. The number of rotatable bonds is 2. The topological polar surface area (TPSA) is 292 Å². The second-order valence-corrected chi connectivity index (χ2v) is 13.1. The molecule has 3 aliphatic rings. The minimum absolute atomic E-state index is 0.000331. The van der Waals surface area contributed by atoms with Gasteiger partial charge in [0, 0.05) is 6.54 Å². The van der Waals surface area contributed by atoms with Crippen LogP contribution in [0.3, 0.4) is 0 Å². The van der Waals surface area contributed by atoms with Crippen LogP contribution in [0.5, 0.6) is 0 Å². The Morgan fingerprint density at radius 2 is 1.56 bits per heavy atom. The SMILES string of the molecule is Nc1nc2c(ncn2[C@@H]2O[C@@H]3COP(=O)(O)O[C@@H]4[C@H](F)[C@H](n5cnc6c(N)ncnc65)O[C@@H]4CNP(=O)(O)O[C@@H]3[C@@H]2F)c(=O)[nH]1. The Bertz CT molecular complexity index is 1940. The van der Waals surface area contributed by atoms with Crippen LogP contribution in [0.4, 0.5) is 20.5 Å². The van der Waals surface area contributed by atoms with Crippen molar-refractivity contribution >= 4 is 49.7 Å². The third kappa shape index (κ3) is 5.29. The summed E-state index contributed by atoms with van der Waals surface area (Å²) < 4.78 is 86.8. The van der Waals surface area contributed by atoms with Crippen LogP contribution in [-0.4, -0.2) is 98.7 Å². The molecule has 0 bridgehead atoms. The highest BCUT2D eigenvalue weighted by atomic mass is 31.2. The average Bonchev–Trinajstić information content (AvgIpc) is 3.72. The monoisotopic (exact) mass is 677 g/mol. The van der Waals surface area contributed by atoms with Gasteiger partial charge in [0.25, 0.3) is 5.56 Å². The number of phosphoric ester groups is 1. The van der Waals surface area contributed by atoms with E-state index in [1.165, 1.54) is 0 Å². The number of phosphoric acid groups is 1. The Labute approximate surface area is 248 Å². The van der Waals surface area contributed by atoms with E-state index in [0.29, 0.717) is 0 Å². The summed E-state index contributed by atoms with van der Waals surface area (Å²) in [6.45, 7) is -1.62. The summed E-state index contributed by atoms with van der Waals surface area (Å²) in [7, 11) is -10.1. The van der Waals surface area contributed by atoms with Gasteiger partial charge < -0.3 is 30.7 Å². The number of imidazole rings is 2. The fraction of sp³-hybridized carbons (Fsp3) is 0.500. The van der Waals surface area contributed by atoms with Crippen LogP contribution in [0.2, 0.25) is 0 Å². The molecule has 10 atom stereocenters. The lowest BCUT2D eigenvalue weighted by molar-refractivity contribution is -0.0512. The van der Waals surface area contributed by atoms with Gasteiger partial charge >= 0.3 is 15.6 Å². The van der Waals surface area contributed by atoms with Crippen molar-refractivity contribution in [3.8, 4) is 0 Å². The number of nitrogen functional groups attached to an aromatic ring is 2. The first-order chi connectivity index (χ1) is 21.3. The molecule has 45 heavy (non-hydrogen) atoms. The fourth-order valence-corrected chi connectivity index (χ4v) is 7.35. The van der Waals surface area contributed by atoms with E-state index < -0.39 is 83.5 Å². The van der Waals surface area contributed by atoms with Crippen molar-refractivity contribution in [3.05, 3.63) is 29.3 Å². The van der Waals surface area contributed by atoms with Crippen LogP contribution in [0.25, 0.3) is 22.3 Å². The first-order valence-corrected chi connectivity index (χ1v) is 16.1. The van der Waals surface area contributed by atoms with Crippen LogP contribution < -0.4 is 22.1 Å². The quantitative estimate of drug-likeness (QED) is 0.141. The van der Waals surface area contributed by atoms with Gasteiger partial charge in [-0.25, -0.2) is 42.9 Å². The molecule has 0 radical (unpaired) electrons. The van der Waals surface area contributed by atoms with Crippen molar-refractivity contribution in [2.45, 2.75) is 49.2 Å². The predicted octanol–water partition coefficient (Wildman–Crippen LogP) is -0.814. The largest absolute Gasteiger partial charge is 0.472 e. The number of alkyl halides is 2. The number of nitrogens with zero attached hydrogens (tertiary/aromatic N) is 7. The molecule has 7 rings (SSSR count). The first-order valence-electron chi connectivity index (χ1n) is 13.0. The summed E-state index contributed by atoms with van der Waals surface area (Å²) >= 11 is 0. The lowest BCUT2D eigenvalue weighted by atomic mass is 10.1. The van der Waals surface area contributed by atoms with Crippen molar-refractivity contribution in [1.82, 2.24) is 44.1 Å². The fourth-order valence-electron chi connectivity index (χ4n) is 5.33. The number of nitrogens with one attached hydrogen (secondary N) is 2. The Kier molecular flexibility index (Phi) is 7.24. The summed E-state index contributed by atoms with van der Waals surface area (Å²) in [6, 6.07) is 0. The number of aromatic amines is 1. The molecule has 0 amide bonds. The smallest absolute Gasteiger partial charge is 0.382 e. The van der Waals surface area contributed by atoms with Gasteiger partial charge in [-0.3, -0.25) is 32.5 Å². The van der Waals surface area contributed by atoms with Crippen molar-refractivity contribution < 1.29 is 50.7 Å². The van der Waals surface area contributed by atoms with Gasteiger partial charge in [0.15, 0.2) is 47.4 Å². The molecule has 25 heteroatoms. The molecule has 3 aliphatic heterocycles. The molecule has 242 valence electrons. The number of ether oxygens (including phenoxy) is 2. The van der Waals surface area contributed by atoms with Crippen LogP contribution in [0, 0.1) is 0 Å². The van der Waals surface area contributed by atoms with E-state index in [1.54, 1.807) is 0 Å². The van der Waals surface area contributed by atoms with Crippen molar-refractivity contribution in [3.63, 3.8) is 0 Å². The van der Waals surface area contributed by atoms with Gasteiger partial charge in [-0.2, -0.15) is 4.98 Å². The minimum atomic E-state index is -5.14. The molecule has 0 saturated carbocycles. The molecule has 21 nitrogen and oxygen atoms in total. The molecule has 3 fully saturated rings. The second-order valence-electron chi connectivity index (χ2n) is 10.2. The zero-order chi connectivity index (χ0) is 31.8. The molecule has 3 saturated heterocycles. The Morgan fingerprint density at radius 1 is 0.911 bits per heavy atom. The van der Waals surface area contributed by atoms with E-state index in [0.717, 1.165) is 28.1 Å². The third-order valence-electron chi connectivity index (χ3n) is 7.33. The van der Waals surface area contributed by atoms with Gasteiger partial charge in [-0.05, 0) is 0 Å². The lowest BCUT2D eigenvalue weighted by Gasteiger charge is -2.27. The number of aromatic nitrogens is 8. The highest BCUT2D eigenvalue weighted by Crippen LogP contribution is 2.52. The highest BCUT2D eigenvalue weighted by molar-refractivity contribution is 7.50. The van der Waals surface area contributed by atoms with Crippen LogP contribution in [-0.2, 0) is 32.2 Å². The van der Waals surface area contributed by atoms with E-state index in [1.807, 2.05) is 0 Å². The standard InChI is InChI=1S/C20H23F2N11O10P2/c21-8-12-6(40-18(8)32-4-27-10-14(23)25-3-26-15(10)32)1-29-44(35,36)42-13-7(2-39-45(37,38)43-12)41-19(9(13)22)33-5-28-11-16(33)30-20(24)31-17(11)34/h3-9,12-13,18-19H,1-2H2,(H,37,38)(H2,23,25,26)(H2,29,35,36)(H3,24,30,31,34)/t6-,7-,8+,9+,12+,13+,18-,19-/m1/s1. The Morgan fingerprint density at radius 3 is 2.29 bits per heavy atom. The molecule has 0 aromatic carbocycles. The zero-order valence-electron chi connectivity index (χ0n) is 22.4. The molecule has 4 aromatic heterocycles. The van der Waals surface area contributed by atoms with E-state index in [2.05, 4.69) is 35.0 Å². The molecule has 7 heterocycles. The van der Waals surface area contributed by atoms with Crippen molar-refractivity contribution in [1.29, 1.82) is 0 Å². The molecule has 2 unspecified atom stereocenters. The summed E-state index contributed by atoms with van der Waals surface area (Å²) in [5.41, 5.74) is 10.5. The molecule has 8 N–H and O–H groups in total. The van der Waals surface area contributed by atoms with Gasteiger partial charge in [0.05, 0.1) is 19.3 Å². The summed E-state index contributed by atoms with van der Waals surface area (Å²) in [5.74, 6) is -0.310. The van der Waals surface area contributed by atoms with Crippen molar-refractivity contribution in [2.24, 2.45) is 0 Å². The molecule has 0 aliphatic carbocycles. The van der Waals surface area contributed by atoms with Gasteiger partial charge in [0.1, 0.15) is 36.3 Å². The number of anilines is 2. The Hall–Kier alpha value is -3.50. The van der Waals surface area contributed by atoms with Crippen molar-refractivity contribution in [2.75, 3.05) is 24.6 Å². The zero-order valence-corrected chi connectivity index (χ0v) is 24.1.